The zero-order valence-electron chi connectivity index (χ0n) is 12.7. The molecule has 0 saturated carbocycles. The molecule has 0 aromatic heterocycles. The predicted octanol–water partition coefficient (Wildman–Crippen LogP) is 3.01. The van der Waals surface area contributed by atoms with Crippen LogP contribution in [0.2, 0.25) is 0 Å². The lowest BCUT2D eigenvalue weighted by molar-refractivity contribution is -0.114. The molecule has 4 nitrogen and oxygen atoms in total. The van der Waals surface area contributed by atoms with Crippen LogP contribution >= 0.6 is 0 Å². The number of benzene rings is 1. The maximum absolute atomic E-state index is 11.7. The summed E-state index contributed by atoms with van der Waals surface area (Å²) in [5.74, 6) is 0.481. The Morgan fingerprint density at radius 2 is 2.19 bits per heavy atom. The molecule has 116 valence electrons. The summed E-state index contributed by atoms with van der Waals surface area (Å²) in [6, 6.07) is 5.05. The number of phenolic OH excluding ortho intramolecular Hbond substituents is 1. The number of unbranched alkanes of at least 4 members (excludes halogenated alkanes) is 1. The van der Waals surface area contributed by atoms with E-state index < -0.39 is 6.10 Å². The lowest BCUT2D eigenvalue weighted by Crippen LogP contribution is -2.03. The van der Waals surface area contributed by atoms with E-state index in [1.165, 1.54) is 13.2 Å². The fourth-order valence-corrected chi connectivity index (χ4v) is 1.96. The molecule has 21 heavy (non-hydrogen) atoms. The minimum atomic E-state index is -0.539. The Bertz CT molecular complexity index is 480. The van der Waals surface area contributed by atoms with Crippen LogP contribution in [0.3, 0.4) is 0 Å². The van der Waals surface area contributed by atoms with E-state index in [0.717, 1.165) is 18.4 Å². The highest BCUT2D eigenvalue weighted by molar-refractivity contribution is 5.89. The molecule has 2 N–H and O–H groups in total. The third kappa shape index (κ3) is 6.45. The summed E-state index contributed by atoms with van der Waals surface area (Å²) < 4.78 is 5.03. The van der Waals surface area contributed by atoms with Crippen molar-refractivity contribution in [2.45, 2.75) is 45.1 Å². The average molecular weight is 292 g/mol. The van der Waals surface area contributed by atoms with E-state index in [4.69, 9.17) is 4.74 Å². The monoisotopic (exact) mass is 292 g/mol. The Labute approximate surface area is 126 Å². The predicted molar refractivity (Wildman–Crippen MR) is 82.7 cm³/mol. The van der Waals surface area contributed by atoms with Crippen LogP contribution in [0.1, 0.15) is 38.2 Å². The summed E-state index contributed by atoms with van der Waals surface area (Å²) in [5.41, 5.74) is 0.929. The van der Waals surface area contributed by atoms with Crippen LogP contribution in [0.25, 0.3) is 0 Å². The van der Waals surface area contributed by atoms with Crippen molar-refractivity contribution in [3.8, 4) is 11.5 Å². The summed E-state index contributed by atoms with van der Waals surface area (Å²) in [6.45, 7) is 2.06. The highest BCUT2D eigenvalue weighted by atomic mass is 16.5. The van der Waals surface area contributed by atoms with Gasteiger partial charge in [0.25, 0.3) is 0 Å². The summed E-state index contributed by atoms with van der Waals surface area (Å²) in [7, 11) is 1.49. The van der Waals surface area contributed by atoms with Gasteiger partial charge in [0, 0.05) is 6.42 Å². The van der Waals surface area contributed by atoms with Crippen LogP contribution in [0.5, 0.6) is 11.5 Å². The van der Waals surface area contributed by atoms with E-state index in [-0.39, 0.29) is 11.5 Å². The van der Waals surface area contributed by atoms with Crippen molar-refractivity contribution in [2.24, 2.45) is 0 Å². The van der Waals surface area contributed by atoms with Crippen molar-refractivity contribution in [1.82, 2.24) is 0 Å². The van der Waals surface area contributed by atoms with Gasteiger partial charge < -0.3 is 14.9 Å². The highest BCUT2D eigenvalue weighted by Gasteiger charge is 2.05. The van der Waals surface area contributed by atoms with Crippen molar-refractivity contribution < 1.29 is 19.7 Å². The van der Waals surface area contributed by atoms with Gasteiger partial charge in [-0.05, 0) is 36.6 Å². The van der Waals surface area contributed by atoms with E-state index >= 15 is 0 Å². The van der Waals surface area contributed by atoms with Crippen LogP contribution in [-0.2, 0) is 11.2 Å². The first-order chi connectivity index (χ1) is 10.1. The van der Waals surface area contributed by atoms with Gasteiger partial charge in [0.05, 0.1) is 13.2 Å². The first kappa shape index (κ1) is 17.2. The van der Waals surface area contributed by atoms with Crippen LogP contribution in [0.15, 0.2) is 30.4 Å². The molecule has 0 radical (unpaired) electrons. The topological polar surface area (TPSA) is 66.8 Å². The number of hydrogen-bond donors (Lipinski definition) is 2. The maximum Gasteiger partial charge on any atom is 0.160 e. The minimum absolute atomic E-state index is 0.0161. The van der Waals surface area contributed by atoms with Crippen LogP contribution in [0, 0.1) is 0 Å². The summed E-state index contributed by atoms with van der Waals surface area (Å²) in [5, 5.41) is 19.1. The number of methoxy groups -OCH3 is 1. The number of allylic oxidation sites excluding steroid dienone is 1. The number of carbonyl (C=O) groups is 1. The number of aromatic hydroxyl groups is 1. The second-order valence-corrected chi connectivity index (χ2v) is 5.04. The molecule has 0 aliphatic carbocycles. The zero-order chi connectivity index (χ0) is 15.7. The average Bonchev–Trinajstić information content (AvgIpc) is 2.49. The number of hydrogen-bond acceptors (Lipinski definition) is 4. The molecule has 0 saturated heterocycles. The number of aliphatic hydroxyl groups is 1. The fraction of sp³-hybridized carbons (Fsp3) is 0.471. The fourth-order valence-electron chi connectivity index (χ4n) is 1.96. The van der Waals surface area contributed by atoms with Gasteiger partial charge in [-0.15, -0.1) is 0 Å². The molecule has 1 rings (SSSR count). The normalized spacial score (nSPS) is 12.5. The quantitative estimate of drug-likeness (QED) is 0.687. The molecule has 0 fully saturated rings. The SMILES string of the molecule is CCCCC(O)C=CC(=O)CCc1ccc(O)c(OC)c1. The van der Waals surface area contributed by atoms with Crippen molar-refractivity contribution in [2.75, 3.05) is 7.11 Å². The molecule has 1 aromatic carbocycles. The molecule has 4 heteroatoms. The Hall–Kier alpha value is -1.81. The molecular formula is C17H24O4. The number of aliphatic hydroxyl groups excluding tert-OH is 1. The Balaban J connectivity index is 2.44. The Morgan fingerprint density at radius 1 is 1.43 bits per heavy atom. The summed E-state index contributed by atoms with van der Waals surface area (Å²) in [6.07, 6.45) is 6.09. The number of phenols is 1. The van der Waals surface area contributed by atoms with Crippen LogP contribution in [-0.4, -0.2) is 29.2 Å². The van der Waals surface area contributed by atoms with Crippen molar-refractivity contribution >= 4 is 5.78 Å². The largest absolute Gasteiger partial charge is 0.504 e. The Morgan fingerprint density at radius 3 is 2.86 bits per heavy atom. The molecule has 1 aromatic rings. The van der Waals surface area contributed by atoms with Gasteiger partial charge in [0.2, 0.25) is 0 Å². The zero-order valence-corrected chi connectivity index (χ0v) is 12.7. The smallest absolute Gasteiger partial charge is 0.160 e. The molecule has 0 aliphatic rings. The van der Waals surface area contributed by atoms with Crippen molar-refractivity contribution in [1.29, 1.82) is 0 Å². The molecule has 0 heterocycles. The molecule has 0 spiro atoms. The first-order valence-electron chi connectivity index (χ1n) is 7.31. The molecule has 0 bridgehead atoms. The third-order valence-electron chi connectivity index (χ3n) is 3.26. The maximum atomic E-state index is 11.7. The van der Waals surface area contributed by atoms with E-state index in [9.17, 15) is 15.0 Å². The van der Waals surface area contributed by atoms with E-state index in [1.54, 1.807) is 24.3 Å². The number of carbonyl (C=O) groups excluding carboxylic acids is 1. The summed E-state index contributed by atoms with van der Waals surface area (Å²) >= 11 is 0. The Kier molecular flexibility index (Phi) is 7.54. The van der Waals surface area contributed by atoms with Crippen molar-refractivity contribution in [3.05, 3.63) is 35.9 Å². The highest BCUT2D eigenvalue weighted by Crippen LogP contribution is 2.26. The number of ketones is 1. The number of rotatable bonds is 9. The lowest BCUT2D eigenvalue weighted by atomic mass is 10.1. The van der Waals surface area contributed by atoms with Crippen molar-refractivity contribution in [3.63, 3.8) is 0 Å². The number of aryl methyl sites for hydroxylation is 1. The van der Waals surface area contributed by atoms with Gasteiger partial charge in [0.15, 0.2) is 17.3 Å². The van der Waals surface area contributed by atoms with E-state index in [0.29, 0.717) is 25.0 Å². The van der Waals surface area contributed by atoms with Gasteiger partial charge >= 0.3 is 0 Å². The molecular weight excluding hydrogens is 268 g/mol. The van der Waals surface area contributed by atoms with Crippen LogP contribution < -0.4 is 4.74 Å². The lowest BCUT2D eigenvalue weighted by Gasteiger charge is -2.06. The molecule has 1 atom stereocenters. The second kappa shape index (κ2) is 9.19. The number of ether oxygens (including phenoxy) is 1. The van der Waals surface area contributed by atoms with Gasteiger partial charge in [0.1, 0.15) is 0 Å². The first-order valence-corrected chi connectivity index (χ1v) is 7.31. The molecule has 0 aliphatic heterocycles. The summed E-state index contributed by atoms with van der Waals surface area (Å²) in [4.78, 5) is 11.7. The van der Waals surface area contributed by atoms with E-state index in [1.807, 2.05) is 0 Å². The second-order valence-electron chi connectivity index (χ2n) is 5.04. The minimum Gasteiger partial charge on any atom is -0.504 e. The van der Waals surface area contributed by atoms with Gasteiger partial charge in [-0.3, -0.25) is 4.79 Å². The molecule has 0 amide bonds. The van der Waals surface area contributed by atoms with Gasteiger partial charge in [-0.1, -0.05) is 31.9 Å². The third-order valence-corrected chi connectivity index (χ3v) is 3.26. The van der Waals surface area contributed by atoms with E-state index in [2.05, 4.69) is 6.92 Å². The standard InChI is InChI=1S/C17H24O4/c1-3-4-5-14(18)9-10-15(19)8-6-13-7-11-16(20)17(12-13)21-2/h7,9-12,14,18,20H,3-6,8H2,1-2H3. The van der Waals surface area contributed by atoms with Gasteiger partial charge in [-0.2, -0.15) is 0 Å². The van der Waals surface area contributed by atoms with Crippen LogP contribution in [0.4, 0.5) is 0 Å². The molecule has 1 unspecified atom stereocenters. The van der Waals surface area contributed by atoms with Gasteiger partial charge in [-0.25, -0.2) is 0 Å².